The normalized spacial score (nSPS) is 18.6. The number of rotatable bonds is 7. The SMILES string of the molecule is C=CCNC(=O)[C@H]1N(C(=O)[C@@H](O)CNC(=O)c2cc(C)cc(O)c2C)CSC1(C)C. The average molecular weight is 436 g/mol. The number of nitrogens with one attached hydrogen (secondary N) is 2. The number of hydrogen-bond acceptors (Lipinski definition) is 6. The molecule has 1 saturated heterocycles. The number of phenolic OH excluding ortho intramolecular Hbond substituents is 1. The molecular formula is C21H29N3O5S. The summed E-state index contributed by atoms with van der Waals surface area (Å²) in [7, 11) is 0. The minimum Gasteiger partial charge on any atom is -0.508 e. The summed E-state index contributed by atoms with van der Waals surface area (Å²) in [5, 5.41) is 25.5. The highest BCUT2D eigenvalue weighted by atomic mass is 32.2. The van der Waals surface area contributed by atoms with Crippen molar-refractivity contribution in [1.82, 2.24) is 15.5 Å². The lowest BCUT2D eigenvalue weighted by atomic mass is 10.0. The average Bonchev–Trinajstić information content (AvgIpc) is 3.01. The van der Waals surface area contributed by atoms with Gasteiger partial charge in [-0.15, -0.1) is 18.3 Å². The summed E-state index contributed by atoms with van der Waals surface area (Å²) in [6.45, 7) is 10.6. The van der Waals surface area contributed by atoms with Crippen LogP contribution in [0, 0.1) is 13.8 Å². The number of carbonyl (C=O) groups is 3. The van der Waals surface area contributed by atoms with E-state index in [0.29, 0.717) is 11.1 Å². The fourth-order valence-electron chi connectivity index (χ4n) is 3.32. The van der Waals surface area contributed by atoms with Crippen LogP contribution in [-0.4, -0.2) is 68.7 Å². The Morgan fingerprint density at radius 1 is 1.33 bits per heavy atom. The first-order chi connectivity index (χ1) is 14.0. The topological polar surface area (TPSA) is 119 Å². The Labute approximate surface area is 180 Å². The molecule has 0 aliphatic carbocycles. The highest BCUT2D eigenvalue weighted by Crippen LogP contribution is 2.39. The molecule has 0 unspecified atom stereocenters. The smallest absolute Gasteiger partial charge is 0.254 e. The number of aliphatic hydroxyl groups is 1. The van der Waals surface area contributed by atoms with Gasteiger partial charge in [-0.25, -0.2) is 0 Å². The van der Waals surface area contributed by atoms with Gasteiger partial charge in [0, 0.05) is 22.4 Å². The van der Waals surface area contributed by atoms with Crippen molar-refractivity contribution in [2.24, 2.45) is 0 Å². The third kappa shape index (κ3) is 5.14. The number of thioether (sulfide) groups is 1. The molecule has 0 aromatic heterocycles. The summed E-state index contributed by atoms with van der Waals surface area (Å²) in [5.74, 6) is -1.19. The molecule has 1 aliphatic rings. The van der Waals surface area contributed by atoms with E-state index < -0.39 is 28.7 Å². The molecule has 2 rings (SSSR count). The van der Waals surface area contributed by atoms with Gasteiger partial charge in [0.05, 0.1) is 12.4 Å². The molecule has 0 radical (unpaired) electrons. The van der Waals surface area contributed by atoms with E-state index in [-0.39, 0.29) is 36.2 Å². The van der Waals surface area contributed by atoms with E-state index in [1.807, 2.05) is 13.8 Å². The van der Waals surface area contributed by atoms with Gasteiger partial charge in [0.15, 0.2) is 0 Å². The molecule has 1 aromatic rings. The molecule has 3 amide bonds. The predicted octanol–water partition coefficient (Wildman–Crippen LogP) is 1.08. The van der Waals surface area contributed by atoms with Crippen LogP contribution in [0.3, 0.4) is 0 Å². The first-order valence-electron chi connectivity index (χ1n) is 9.59. The molecule has 0 saturated carbocycles. The van der Waals surface area contributed by atoms with Gasteiger partial charge in [-0.1, -0.05) is 6.08 Å². The third-order valence-corrected chi connectivity index (χ3v) is 6.38. The predicted molar refractivity (Wildman–Crippen MR) is 116 cm³/mol. The largest absolute Gasteiger partial charge is 0.508 e. The Morgan fingerprint density at radius 2 is 2.00 bits per heavy atom. The molecule has 1 fully saturated rings. The monoisotopic (exact) mass is 435 g/mol. The third-order valence-electron chi connectivity index (χ3n) is 5.01. The van der Waals surface area contributed by atoms with Crippen LogP contribution in [0.15, 0.2) is 24.8 Å². The second kappa shape index (κ2) is 9.53. The maximum absolute atomic E-state index is 12.8. The summed E-state index contributed by atoms with van der Waals surface area (Å²) in [6.07, 6.45) is 0.0473. The fourth-order valence-corrected chi connectivity index (χ4v) is 4.46. The van der Waals surface area contributed by atoms with E-state index in [1.54, 1.807) is 32.1 Å². The summed E-state index contributed by atoms with van der Waals surface area (Å²) in [6, 6.07) is 2.42. The van der Waals surface area contributed by atoms with Gasteiger partial charge < -0.3 is 25.7 Å². The maximum Gasteiger partial charge on any atom is 0.254 e. The number of aromatic hydroxyl groups is 1. The Morgan fingerprint density at radius 3 is 2.63 bits per heavy atom. The van der Waals surface area contributed by atoms with Crippen LogP contribution >= 0.6 is 11.8 Å². The van der Waals surface area contributed by atoms with Crippen LogP contribution in [0.25, 0.3) is 0 Å². The lowest BCUT2D eigenvalue weighted by molar-refractivity contribution is -0.145. The molecule has 0 bridgehead atoms. The molecule has 1 aromatic carbocycles. The zero-order valence-electron chi connectivity index (χ0n) is 17.7. The quantitative estimate of drug-likeness (QED) is 0.476. The highest BCUT2D eigenvalue weighted by molar-refractivity contribution is 8.00. The standard InChI is InChI=1S/C21H29N3O5S/c1-6-7-22-19(28)17-21(4,5)30-11-24(17)20(29)16(26)10-23-18(27)14-8-12(2)9-15(25)13(14)3/h6,8-9,16-17,25-26H,1,7,10-11H2,2-5H3,(H,22,28)(H,23,27)/t16-,17+/m0/s1. The number of aryl methyl sites for hydroxylation is 1. The van der Waals surface area contributed by atoms with Crippen molar-refractivity contribution in [3.63, 3.8) is 0 Å². The summed E-state index contributed by atoms with van der Waals surface area (Å²) < 4.78 is -0.528. The number of phenols is 1. The van der Waals surface area contributed by atoms with Crippen molar-refractivity contribution >= 4 is 29.5 Å². The summed E-state index contributed by atoms with van der Waals surface area (Å²) >= 11 is 1.44. The number of carbonyl (C=O) groups excluding carboxylic acids is 3. The zero-order valence-corrected chi connectivity index (χ0v) is 18.5. The van der Waals surface area contributed by atoms with Crippen molar-refractivity contribution < 1.29 is 24.6 Å². The van der Waals surface area contributed by atoms with Crippen LogP contribution in [-0.2, 0) is 9.59 Å². The number of aliphatic hydroxyl groups excluding tert-OH is 1. The molecule has 2 atom stereocenters. The van der Waals surface area contributed by atoms with E-state index in [0.717, 1.165) is 0 Å². The summed E-state index contributed by atoms with van der Waals surface area (Å²) in [4.78, 5) is 39.2. The van der Waals surface area contributed by atoms with Crippen LogP contribution < -0.4 is 10.6 Å². The van der Waals surface area contributed by atoms with Gasteiger partial charge in [-0.2, -0.15) is 0 Å². The lowest BCUT2D eigenvalue weighted by Crippen LogP contribution is -2.56. The molecule has 0 spiro atoms. The van der Waals surface area contributed by atoms with Gasteiger partial charge in [0.1, 0.15) is 17.9 Å². The van der Waals surface area contributed by atoms with Gasteiger partial charge >= 0.3 is 0 Å². The molecule has 1 aliphatic heterocycles. The van der Waals surface area contributed by atoms with Crippen LogP contribution in [0.5, 0.6) is 5.75 Å². The number of hydrogen-bond donors (Lipinski definition) is 4. The Bertz CT molecular complexity index is 855. The number of nitrogens with zero attached hydrogens (tertiary/aromatic N) is 1. The minimum atomic E-state index is -1.50. The number of amides is 3. The van der Waals surface area contributed by atoms with Crippen molar-refractivity contribution in [3.05, 3.63) is 41.5 Å². The van der Waals surface area contributed by atoms with Gasteiger partial charge in [-0.05, 0) is 45.4 Å². The zero-order chi connectivity index (χ0) is 22.6. The van der Waals surface area contributed by atoms with Crippen molar-refractivity contribution in [3.8, 4) is 5.75 Å². The summed E-state index contributed by atoms with van der Waals surface area (Å²) in [5.41, 5.74) is 1.40. The molecule has 30 heavy (non-hydrogen) atoms. The maximum atomic E-state index is 12.8. The second-order valence-electron chi connectivity index (χ2n) is 7.80. The van der Waals surface area contributed by atoms with Crippen LogP contribution in [0.2, 0.25) is 0 Å². The Hall–Kier alpha value is -2.52. The van der Waals surface area contributed by atoms with Crippen LogP contribution in [0.1, 0.15) is 35.3 Å². The van der Waals surface area contributed by atoms with Gasteiger partial charge in [0.25, 0.3) is 11.8 Å². The van der Waals surface area contributed by atoms with E-state index in [4.69, 9.17) is 0 Å². The molecule has 1 heterocycles. The van der Waals surface area contributed by atoms with E-state index in [1.165, 1.54) is 16.7 Å². The molecule has 9 heteroatoms. The fraction of sp³-hybridized carbons (Fsp3) is 0.476. The van der Waals surface area contributed by atoms with Gasteiger partial charge in [-0.3, -0.25) is 14.4 Å². The molecule has 4 N–H and O–H groups in total. The molecule has 8 nitrogen and oxygen atoms in total. The lowest BCUT2D eigenvalue weighted by Gasteiger charge is -2.31. The second-order valence-corrected chi connectivity index (χ2v) is 9.40. The highest BCUT2D eigenvalue weighted by Gasteiger charge is 2.48. The minimum absolute atomic E-state index is 0.00137. The van der Waals surface area contributed by atoms with E-state index in [9.17, 15) is 24.6 Å². The van der Waals surface area contributed by atoms with E-state index >= 15 is 0 Å². The van der Waals surface area contributed by atoms with Crippen molar-refractivity contribution in [2.45, 2.75) is 44.6 Å². The Balaban J connectivity index is 2.07. The number of benzene rings is 1. The van der Waals surface area contributed by atoms with Crippen molar-refractivity contribution in [2.75, 3.05) is 19.0 Å². The Kier molecular flexibility index (Phi) is 7.54. The van der Waals surface area contributed by atoms with E-state index in [2.05, 4.69) is 17.2 Å². The van der Waals surface area contributed by atoms with Crippen molar-refractivity contribution in [1.29, 1.82) is 0 Å². The molecular weight excluding hydrogens is 406 g/mol. The molecule has 164 valence electrons. The van der Waals surface area contributed by atoms with Crippen LogP contribution in [0.4, 0.5) is 0 Å². The van der Waals surface area contributed by atoms with Gasteiger partial charge in [0.2, 0.25) is 5.91 Å². The first kappa shape index (κ1) is 23.8. The first-order valence-corrected chi connectivity index (χ1v) is 10.6.